The molecule has 0 heterocycles. The van der Waals surface area contributed by atoms with Crippen LogP contribution in [0.4, 0.5) is 10.1 Å². The van der Waals surface area contributed by atoms with Gasteiger partial charge in [0.15, 0.2) is 6.61 Å². The van der Waals surface area contributed by atoms with Gasteiger partial charge in [-0.05, 0) is 30.3 Å². The molecule has 0 spiro atoms. The lowest BCUT2D eigenvalue weighted by molar-refractivity contribution is -0.135. The molecule has 25 heavy (non-hydrogen) atoms. The van der Waals surface area contributed by atoms with E-state index in [0.717, 1.165) is 0 Å². The van der Waals surface area contributed by atoms with Crippen LogP contribution >= 0.6 is 23.2 Å². The molecular weight excluding hydrogens is 370 g/mol. The highest BCUT2D eigenvalue weighted by Gasteiger charge is 2.15. The van der Waals surface area contributed by atoms with Gasteiger partial charge in [0, 0.05) is 23.8 Å². The monoisotopic (exact) mass is 384 g/mol. The van der Waals surface area contributed by atoms with E-state index in [1.807, 2.05) is 0 Å². The quantitative estimate of drug-likeness (QED) is 0.827. The first-order chi connectivity index (χ1) is 11.8. The van der Waals surface area contributed by atoms with Crippen molar-refractivity contribution >= 4 is 40.7 Å². The van der Waals surface area contributed by atoms with Crippen molar-refractivity contribution in [2.45, 2.75) is 0 Å². The summed E-state index contributed by atoms with van der Waals surface area (Å²) in [4.78, 5) is 25.1. The third-order valence-electron chi connectivity index (χ3n) is 3.16. The van der Waals surface area contributed by atoms with Crippen LogP contribution in [0.5, 0.6) is 5.75 Å². The van der Waals surface area contributed by atoms with E-state index < -0.39 is 17.6 Å². The molecule has 0 saturated heterocycles. The zero-order valence-electron chi connectivity index (χ0n) is 13.3. The number of nitrogens with one attached hydrogen (secondary N) is 1. The number of hydrogen-bond acceptors (Lipinski definition) is 3. The summed E-state index contributed by atoms with van der Waals surface area (Å²) in [5.74, 6) is -1.07. The van der Waals surface area contributed by atoms with Crippen molar-refractivity contribution in [1.82, 2.24) is 4.90 Å². The maximum atomic E-state index is 13.1. The van der Waals surface area contributed by atoms with Crippen LogP contribution < -0.4 is 10.1 Å². The number of carbonyl (C=O) groups excluding carboxylic acids is 2. The van der Waals surface area contributed by atoms with E-state index in [-0.39, 0.29) is 18.9 Å². The summed E-state index contributed by atoms with van der Waals surface area (Å²) in [6.07, 6.45) is 0. The number of ether oxygens (including phenoxy) is 1. The van der Waals surface area contributed by atoms with Gasteiger partial charge in [-0.15, -0.1) is 0 Å². The standard InChI is InChI=1S/C17H15Cl2FN2O3/c1-22(9-16(23)21-13-4-2-3-12(20)8-13)17(24)10-25-15-7-11(18)5-6-14(15)19/h2-8H,9-10H2,1H3,(H,21,23). The second-order valence-corrected chi connectivity index (χ2v) is 6.02. The summed E-state index contributed by atoms with van der Waals surface area (Å²) in [6.45, 7) is -0.508. The largest absolute Gasteiger partial charge is 0.482 e. The van der Waals surface area contributed by atoms with E-state index >= 15 is 0 Å². The Morgan fingerprint density at radius 3 is 2.68 bits per heavy atom. The molecule has 2 aromatic carbocycles. The number of anilines is 1. The highest BCUT2D eigenvalue weighted by Crippen LogP contribution is 2.27. The first kappa shape index (κ1) is 19.0. The summed E-state index contributed by atoms with van der Waals surface area (Å²) < 4.78 is 18.4. The Kier molecular flexibility index (Phi) is 6.61. The molecule has 0 radical (unpaired) electrons. The van der Waals surface area contributed by atoms with Gasteiger partial charge in [0.25, 0.3) is 5.91 Å². The molecule has 132 valence electrons. The maximum Gasteiger partial charge on any atom is 0.260 e. The SMILES string of the molecule is CN(CC(=O)Nc1cccc(F)c1)C(=O)COc1cc(Cl)ccc1Cl. The minimum atomic E-state index is -0.464. The summed E-state index contributed by atoms with van der Waals surface area (Å²) in [7, 11) is 1.45. The molecule has 0 saturated carbocycles. The van der Waals surface area contributed by atoms with E-state index in [9.17, 15) is 14.0 Å². The zero-order valence-corrected chi connectivity index (χ0v) is 14.8. The number of nitrogens with zero attached hydrogens (tertiary/aromatic N) is 1. The second-order valence-electron chi connectivity index (χ2n) is 5.17. The number of hydrogen-bond donors (Lipinski definition) is 1. The first-order valence-electron chi connectivity index (χ1n) is 7.22. The van der Waals surface area contributed by atoms with Crippen molar-refractivity contribution in [2.75, 3.05) is 25.5 Å². The topological polar surface area (TPSA) is 58.6 Å². The number of rotatable bonds is 6. The zero-order chi connectivity index (χ0) is 18.4. The number of halogens is 3. The molecule has 2 aromatic rings. The van der Waals surface area contributed by atoms with Crippen LogP contribution in [0, 0.1) is 5.82 Å². The van der Waals surface area contributed by atoms with Crippen LogP contribution in [0.15, 0.2) is 42.5 Å². The Labute approximate surface area is 154 Å². The molecule has 0 aliphatic heterocycles. The van der Waals surface area contributed by atoms with Crippen LogP contribution in [-0.2, 0) is 9.59 Å². The highest BCUT2D eigenvalue weighted by molar-refractivity contribution is 6.34. The highest BCUT2D eigenvalue weighted by atomic mass is 35.5. The molecule has 0 atom stereocenters. The van der Waals surface area contributed by atoms with Gasteiger partial charge in [0.05, 0.1) is 11.6 Å². The van der Waals surface area contributed by atoms with E-state index in [0.29, 0.717) is 15.7 Å². The molecule has 2 rings (SSSR count). The fraction of sp³-hybridized carbons (Fsp3) is 0.176. The van der Waals surface area contributed by atoms with Crippen molar-refractivity contribution < 1.29 is 18.7 Å². The smallest absolute Gasteiger partial charge is 0.260 e. The molecular formula is C17H15Cl2FN2O3. The van der Waals surface area contributed by atoms with Crippen molar-refractivity contribution in [1.29, 1.82) is 0 Å². The number of amides is 2. The molecule has 2 amide bonds. The predicted octanol–water partition coefficient (Wildman–Crippen LogP) is 3.61. The van der Waals surface area contributed by atoms with Crippen LogP contribution in [0.1, 0.15) is 0 Å². The van der Waals surface area contributed by atoms with E-state index in [4.69, 9.17) is 27.9 Å². The third kappa shape index (κ3) is 5.92. The van der Waals surface area contributed by atoms with Gasteiger partial charge in [-0.2, -0.15) is 0 Å². The molecule has 5 nitrogen and oxygen atoms in total. The van der Waals surface area contributed by atoms with Gasteiger partial charge in [-0.1, -0.05) is 29.3 Å². The number of likely N-dealkylation sites (N-methyl/N-ethyl adjacent to an activating group) is 1. The van der Waals surface area contributed by atoms with E-state index in [1.54, 1.807) is 18.2 Å². The lowest BCUT2D eigenvalue weighted by Crippen LogP contribution is -2.37. The van der Waals surface area contributed by atoms with Gasteiger partial charge >= 0.3 is 0 Å². The van der Waals surface area contributed by atoms with Crippen molar-refractivity contribution in [3.8, 4) is 5.75 Å². The molecule has 0 aliphatic rings. The molecule has 0 aliphatic carbocycles. The van der Waals surface area contributed by atoms with Gasteiger partial charge in [-0.3, -0.25) is 9.59 Å². The van der Waals surface area contributed by atoms with Crippen LogP contribution in [0.3, 0.4) is 0 Å². The normalized spacial score (nSPS) is 10.2. The maximum absolute atomic E-state index is 13.1. The Bertz CT molecular complexity index is 786. The third-order valence-corrected chi connectivity index (χ3v) is 3.71. The van der Waals surface area contributed by atoms with Crippen molar-refractivity contribution in [2.24, 2.45) is 0 Å². The molecule has 0 bridgehead atoms. The Balaban J connectivity index is 1.85. The average Bonchev–Trinajstić information content (AvgIpc) is 2.55. The van der Waals surface area contributed by atoms with Crippen LogP contribution in [-0.4, -0.2) is 36.9 Å². The predicted molar refractivity (Wildman–Crippen MR) is 94.6 cm³/mol. The molecule has 1 N–H and O–H groups in total. The summed E-state index contributed by atoms with van der Waals surface area (Å²) in [5.41, 5.74) is 0.313. The summed E-state index contributed by atoms with van der Waals surface area (Å²) >= 11 is 11.8. The van der Waals surface area contributed by atoms with Crippen molar-refractivity contribution in [3.63, 3.8) is 0 Å². The lowest BCUT2D eigenvalue weighted by atomic mass is 10.3. The molecule has 0 aromatic heterocycles. The Morgan fingerprint density at radius 2 is 1.96 bits per heavy atom. The summed E-state index contributed by atoms with van der Waals surface area (Å²) in [6, 6.07) is 10.1. The van der Waals surface area contributed by atoms with Gasteiger partial charge in [0.2, 0.25) is 5.91 Å². The number of carbonyl (C=O) groups is 2. The van der Waals surface area contributed by atoms with Crippen LogP contribution in [0.25, 0.3) is 0 Å². The fourth-order valence-corrected chi connectivity index (χ4v) is 2.24. The first-order valence-corrected chi connectivity index (χ1v) is 7.98. The molecule has 0 unspecified atom stereocenters. The van der Waals surface area contributed by atoms with Gasteiger partial charge in [-0.25, -0.2) is 4.39 Å². The van der Waals surface area contributed by atoms with E-state index in [1.165, 1.54) is 36.2 Å². The summed E-state index contributed by atoms with van der Waals surface area (Å²) in [5, 5.41) is 3.26. The molecule has 0 fully saturated rings. The lowest BCUT2D eigenvalue weighted by Gasteiger charge is -2.17. The minimum absolute atomic E-state index is 0.206. The van der Waals surface area contributed by atoms with Crippen molar-refractivity contribution in [3.05, 3.63) is 58.3 Å². The Hall–Kier alpha value is -2.31. The van der Waals surface area contributed by atoms with Crippen LogP contribution in [0.2, 0.25) is 10.0 Å². The van der Waals surface area contributed by atoms with E-state index in [2.05, 4.69) is 5.32 Å². The number of benzene rings is 2. The minimum Gasteiger partial charge on any atom is -0.482 e. The second kappa shape index (κ2) is 8.69. The Morgan fingerprint density at radius 1 is 1.20 bits per heavy atom. The van der Waals surface area contributed by atoms with Gasteiger partial charge < -0.3 is 15.0 Å². The fourth-order valence-electron chi connectivity index (χ4n) is 1.91. The molecule has 8 heteroatoms. The van der Waals surface area contributed by atoms with Gasteiger partial charge in [0.1, 0.15) is 11.6 Å². The average molecular weight is 385 g/mol.